The topological polar surface area (TPSA) is 81.8 Å². The molecular weight excluding hydrogens is 442 g/mol. The smallest absolute Gasteiger partial charge is 0.252 e. The van der Waals surface area contributed by atoms with Crippen LogP contribution in [-0.2, 0) is 27.3 Å². The average Bonchev–Trinajstić information content (AvgIpc) is 3.21. The van der Waals surface area contributed by atoms with E-state index in [0.717, 1.165) is 53.2 Å². The number of H-pyrrole nitrogens is 1. The molecule has 8 nitrogen and oxygen atoms in total. The Morgan fingerprint density at radius 2 is 1.89 bits per heavy atom. The number of aromatic amines is 1. The molecule has 4 rings (SSSR count). The molecule has 0 aliphatic carbocycles. The van der Waals surface area contributed by atoms with Gasteiger partial charge in [0.05, 0.1) is 11.0 Å². The highest BCUT2D eigenvalue weighted by molar-refractivity contribution is 5.95. The third-order valence-corrected chi connectivity index (χ3v) is 6.53. The summed E-state index contributed by atoms with van der Waals surface area (Å²) >= 11 is 0. The van der Waals surface area contributed by atoms with Gasteiger partial charge in [-0.15, -0.1) is 0 Å². The fourth-order valence-electron chi connectivity index (χ4n) is 4.64. The average molecular weight is 478 g/mol. The van der Waals surface area contributed by atoms with Crippen molar-refractivity contribution in [1.29, 1.82) is 0 Å². The van der Waals surface area contributed by atoms with E-state index in [1.807, 2.05) is 53.1 Å². The van der Waals surface area contributed by atoms with Crippen molar-refractivity contribution in [2.45, 2.75) is 32.7 Å². The van der Waals surface area contributed by atoms with Gasteiger partial charge in [0.1, 0.15) is 12.4 Å². The summed E-state index contributed by atoms with van der Waals surface area (Å²) in [6, 6.07) is 14.0. The zero-order valence-corrected chi connectivity index (χ0v) is 20.9. The first-order valence-corrected chi connectivity index (χ1v) is 12.2. The Labute approximate surface area is 206 Å². The van der Waals surface area contributed by atoms with Gasteiger partial charge >= 0.3 is 0 Å². The van der Waals surface area contributed by atoms with Crippen LogP contribution in [0.4, 0.5) is 5.69 Å². The normalized spacial score (nSPS) is 15.6. The number of methoxy groups -OCH3 is 1. The van der Waals surface area contributed by atoms with Crippen molar-refractivity contribution >= 4 is 28.5 Å². The number of fused-ring (bicyclic) bond motifs is 2. The molecule has 8 heteroatoms. The van der Waals surface area contributed by atoms with Crippen molar-refractivity contribution in [3.8, 4) is 0 Å². The zero-order valence-electron chi connectivity index (χ0n) is 20.9. The first kappa shape index (κ1) is 24.9. The van der Waals surface area contributed by atoms with Crippen LogP contribution in [0, 0.1) is 6.92 Å². The first-order valence-electron chi connectivity index (χ1n) is 12.2. The van der Waals surface area contributed by atoms with Gasteiger partial charge in [-0.3, -0.25) is 9.59 Å². The highest BCUT2D eigenvalue weighted by Gasteiger charge is 2.23. The summed E-state index contributed by atoms with van der Waals surface area (Å²) in [4.78, 5) is 40.0. The summed E-state index contributed by atoms with van der Waals surface area (Å²) in [5.41, 5.74) is 4.89. The van der Waals surface area contributed by atoms with E-state index in [1.54, 1.807) is 0 Å². The van der Waals surface area contributed by atoms with Crippen LogP contribution in [0.3, 0.4) is 0 Å². The molecule has 0 radical (unpaired) electrons. The third kappa shape index (κ3) is 6.26. The molecule has 1 aliphatic rings. The molecule has 0 fully saturated rings. The first-order chi connectivity index (χ1) is 16.9. The molecule has 1 aromatic heterocycles. The molecule has 1 N–H and O–H groups in total. The lowest BCUT2D eigenvalue weighted by atomic mass is 10.1. The van der Waals surface area contributed by atoms with Crippen LogP contribution in [0.15, 0.2) is 42.5 Å². The number of carbonyl (C=O) groups excluding carboxylic acids is 2. The lowest BCUT2D eigenvalue weighted by Gasteiger charge is -2.28. The molecule has 0 unspecified atom stereocenters. The Balaban J connectivity index is 1.53. The molecule has 0 atom stereocenters. The minimum Gasteiger partial charge on any atom is -0.375 e. The molecule has 1 aliphatic heterocycles. The summed E-state index contributed by atoms with van der Waals surface area (Å²) in [7, 11) is 3.60. The predicted octanol–water partition coefficient (Wildman–Crippen LogP) is 3.15. The fourth-order valence-corrected chi connectivity index (χ4v) is 4.64. The summed E-state index contributed by atoms with van der Waals surface area (Å²) in [6.45, 7) is 5.35. The Bertz CT molecular complexity index is 1170. The molecule has 186 valence electrons. The third-order valence-electron chi connectivity index (χ3n) is 6.53. The highest BCUT2D eigenvalue weighted by atomic mass is 16.5. The van der Waals surface area contributed by atoms with Crippen molar-refractivity contribution in [1.82, 2.24) is 19.8 Å². The highest BCUT2D eigenvalue weighted by Crippen LogP contribution is 2.24. The summed E-state index contributed by atoms with van der Waals surface area (Å²) in [5.74, 6) is 0.935. The maximum Gasteiger partial charge on any atom is 0.252 e. The summed E-state index contributed by atoms with van der Waals surface area (Å²) in [5, 5.41) is 0. The monoisotopic (exact) mass is 477 g/mol. The maximum absolute atomic E-state index is 13.4. The fraction of sp³-hybridized carbons (Fsp3) is 0.444. The van der Waals surface area contributed by atoms with Gasteiger partial charge in [-0.25, -0.2) is 4.98 Å². The molecule has 0 saturated heterocycles. The van der Waals surface area contributed by atoms with Gasteiger partial charge < -0.3 is 24.4 Å². The number of anilines is 1. The maximum atomic E-state index is 13.4. The van der Waals surface area contributed by atoms with E-state index in [9.17, 15) is 9.59 Å². The molecule has 35 heavy (non-hydrogen) atoms. The van der Waals surface area contributed by atoms with Crippen molar-refractivity contribution in [2.24, 2.45) is 0 Å². The summed E-state index contributed by atoms with van der Waals surface area (Å²) in [6.07, 6.45) is 1.94. The van der Waals surface area contributed by atoms with Crippen molar-refractivity contribution in [3.63, 3.8) is 0 Å². The minimum atomic E-state index is -0.0656. The van der Waals surface area contributed by atoms with Crippen LogP contribution in [-0.4, -0.2) is 78.5 Å². The second-order valence-electron chi connectivity index (χ2n) is 9.25. The van der Waals surface area contributed by atoms with E-state index in [2.05, 4.69) is 28.0 Å². The number of amides is 2. The number of rotatable bonds is 5. The van der Waals surface area contributed by atoms with Gasteiger partial charge in [-0.1, -0.05) is 24.3 Å². The van der Waals surface area contributed by atoms with Gasteiger partial charge in [0, 0.05) is 45.4 Å². The number of nitrogens with zero attached hydrogens (tertiary/aromatic N) is 4. The minimum absolute atomic E-state index is 0.0347. The number of nitrogens with one attached hydrogen (secondary N) is 1. The number of ether oxygens (including phenoxy) is 1. The number of hydrogen-bond donors (Lipinski definition) is 1. The molecule has 3 aromatic rings. The van der Waals surface area contributed by atoms with Crippen LogP contribution >= 0.6 is 0 Å². The standard InChI is InChI=1S/C27H35N5O3/c1-20-28-23-11-9-21(17-24(23)29-20)10-12-26(33)31-16-15-30(2)13-6-14-32(27(34)19-35-3)25-8-5-4-7-22(25)18-31/h4-5,7-9,11,17H,6,10,12-16,18-19H2,1-3H3,(H,28,29). The van der Waals surface area contributed by atoms with E-state index in [0.29, 0.717) is 32.5 Å². The SMILES string of the molecule is COCC(=O)N1CCCN(C)CCN(C(=O)CCc2ccc3nc(C)[nH]c3c2)Cc2ccccc21. The number of carbonyl (C=O) groups is 2. The number of likely N-dealkylation sites (N-methyl/N-ethyl adjacent to an activating group) is 1. The summed E-state index contributed by atoms with van der Waals surface area (Å²) < 4.78 is 5.13. The van der Waals surface area contributed by atoms with Gasteiger partial charge in [-0.2, -0.15) is 0 Å². The molecular formula is C27H35N5O3. The van der Waals surface area contributed by atoms with Crippen molar-refractivity contribution < 1.29 is 14.3 Å². The Hall–Kier alpha value is -3.23. The number of benzene rings is 2. The zero-order chi connectivity index (χ0) is 24.8. The van der Waals surface area contributed by atoms with Gasteiger partial charge in [0.15, 0.2) is 0 Å². The molecule has 0 spiro atoms. The molecule has 2 amide bonds. The molecule has 2 aromatic carbocycles. The van der Waals surface area contributed by atoms with E-state index < -0.39 is 0 Å². The van der Waals surface area contributed by atoms with E-state index >= 15 is 0 Å². The van der Waals surface area contributed by atoms with Crippen LogP contribution in [0.5, 0.6) is 0 Å². The molecule has 0 bridgehead atoms. The van der Waals surface area contributed by atoms with Crippen molar-refractivity contribution in [3.05, 3.63) is 59.4 Å². The number of aromatic nitrogens is 2. The molecule has 2 heterocycles. The predicted molar refractivity (Wildman–Crippen MR) is 137 cm³/mol. The Morgan fingerprint density at radius 1 is 1.06 bits per heavy atom. The largest absolute Gasteiger partial charge is 0.375 e. The number of hydrogen-bond acceptors (Lipinski definition) is 5. The van der Waals surface area contributed by atoms with E-state index in [-0.39, 0.29) is 18.4 Å². The second kappa shape index (κ2) is 11.5. The van der Waals surface area contributed by atoms with Crippen LogP contribution in [0.1, 0.15) is 29.8 Å². The lowest BCUT2D eigenvalue weighted by molar-refractivity contribution is -0.132. The van der Waals surface area contributed by atoms with Crippen LogP contribution in [0.2, 0.25) is 0 Å². The number of para-hydroxylation sites is 1. The van der Waals surface area contributed by atoms with Gasteiger partial charge in [-0.05, 0) is 62.7 Å². The van der Waals surface area contributed by atoms with Gasteiger partial charge in [0.2, 0.25) is 5.91 Å². The Morgan fingerprint density at radius 3 is 2.71 bits per heavy atom. The number of aryl methyl sites for hydroxylation is 2. The number of imidazole rings is 1. The van der Waals surface area contributed by atoms with Crippen LogP contribution < -0.4 is 4.90 Å². The lowest BCUT2D eigenvalue weighted by Crippen LogP contribution is -2.37. The Kier molecular flexibility index (Phi) is 8.15. The van der Waals surface area contributed by atoms with Crippen molar-refractivity contribution in [2.75, 3.05) is 51.8 Å². The second-order valence-corrected chi connectivity index (χ2v) is 9.25. The van der Waals surface area contributed by atoms with E-state index in [4.69, 9.17) is 4.74 Å². The van der Waals surface area contributed by atoms with Crippen LogP contribution in [0.25, 0.3) is 11.0 Å². The molecule has 0 saturated carbocycles. The van der Waals surface area contributed by atoms with E-state index in [1.165, 1.54) is 7.11 Å². The van der Waals surface area contributed by atoms with Gasteiger partial charge in [0.25, 0.3) is 5.91 Å². The quantitative estimate of drug-likeness (QED) is 0.611.